The minimum Gasteiger partial charge on any atom is -0.376 e. The summed E-state index contributed by atoms with van der Waals surface area (Å²) in [6.45, 7) is 0.0803. The summed E-state index contributed by atoms with van der Waals surface area (Å²) in [6, 6.07) is 13.4. The molecule has 0 spiro atoms. The Bertz CT molecular complexity index is 811. The van der Waals surface area contributed by atoms with Crippen LogP contribution in [0.3, 0.4) is 0 Å². The third-order valence-electron chi connectivity index (χ3n) is 3.45. The highest BCUT2D eigenvalue weighted by atomic mass is 16.2. The monoisotopic (exact) mass is 322 g/mol. The predicted molar refractivity (Wildman–Crippen MR) is 92.7 cm³/mol. The highest BCUT2D eigenvalue weighted by Crippen LogP contribution is 2.15. The van der Waals surface area contributed by atoms with E-state index in [1.54, 1.807) is 18.5 Å². The highest BCUT2D eigenvalue weighted by molar-refractivity contribution is 5.89. The molecule has 7 nitrogen and oxygen atoms in total. The van der Waals surface area contributed by atoms with Gasteiger partial charge in [0.05, 0.1) is 18.1 Å². The Morgan fingerprint density at radius 2 is 1.96 bits per heavy atom. The Balaban J connectivity index is 1.62. The van der Waals surface area contributed by atoms with Gasteiger partial charge in [0, 0.05) is 19.7 Å². The van der Waals surface area contributed by atoms with Crippen LogP contribution in [0.5, 0.6) is 0 Å². The maximum absolute atomic E-state index is 12.1. The van der Waals surface area contributed by atoms with Gasteiger partial charge in [-0.05, 0) is 12.1 Å². The second kappa shape index (κ2) is 6.91. The van der Waals surface area contributed by atoms with Crippen LogP contribution < -0.4 is 10.2 Å². The Morgan fingerprint density at radius 3 is 2.62 bits per heavy atom. The molecule has 2 aromatic heterocycles. The van der Waals surface area contributed by atoms with Crippen LogP contribution in [0.4, 0.5) is 11.5 Å². The topological polar surface area (TPSA) is 75.9 Å². The van der Waals surface area contributed by atoms with Crippen LogP contribution in [0.1, 0.15) is 0 Å². The minimum atomic E-state index is -0.204. The molecule has 24 heavy (non-hydrogen) atoms. The van der Waals surface area contributed by atoms with Crippen molar-refractivity contribution in [2.75, 3.05) is 24.3 Å². The van der Waals surface area contributed by atoms with Crippen LogP contribution in [0, 0.1) is 0 Å². The Labute approximate surface area is 139 Å². The molecule has 1 aromatic carbocycles. The van der Waals surface area contributed by atoms with Gasteiger partial charge in [0.1, 0.15) is 18.1 Å². The lowest BCUT2D eigenvalue weighted by molar-refractivity contribution is -0.116. The van der Waals surface area contributed by atoms with Crippen molar-refractivity contribution < 1.29 is 4.79 Å². The fourth-order valence-corrected chi connectivity index (χ4v) is 2.17. The fraction of sp³-hybridized carbons (Fsp3) is 0.176. The molecule has 0 aliphatic heterocycles. The number of nitrogens with zero attached hydrogens (tertiary/aromatic N) is 5. The number of carbonyl (C=O) groups is 1. The smallest absolute Gasteiger partial charge is 0.247 e. The van der Waals surface area contributed by atoms with E-state index in [0.717, 1.165) is 16.9 Å². The molecular formula is C17H18N6O. The molecule has 0 aliphatic carbocycles. The highest BCUT2D eigenvalue weighted by Gasteiger charge is 2.08. The first kappa shape index (κ1) is 15.7. The van der Waals surface area contributed by atoms with E-state index >= 15 is 0 Å². The zero-order chi connectivity index (χ0) is 16.9. The van der Waals surface area contributed by atoms with Crippen LogP contribution in [0.15, 0.2) is 54.9 Å². The van der Waals surface area contributed by atoms with Gasteiger partial charge in [-0.3, -0.25) is 4.79 Å². The molecule has 3 aromatic rings. The Morgan fingerprint density at radius 1 is 1.17 bits per heavy atom. The maximum Gasteiger partial charge on any atom is 0.247 e. The predicted octanol–water partition coefficient (Wildman–Crippen LogP) is 2.04. The molecule has 122 valence electrons. The average molecular weight is 322 g/mol. The lowest BCUT2D eigenvalue weighted by atomic mass is 10.2. The second-order valence-corrected chi connectivity index (χ2v) is 5.51. The molecule has 0 saturated heterocycles. The zero-order valence-electron chi connectivity index (χ0n) is 13.5. The molecule has 0 fully saturated rings. The van der Waals surface area contributed by atoms with Gasteiger partial charge in [0.2, 0.25) is 5.91 Å². The summed E-state index contributed by atoms with van der Waals surface area (Å²) < 4.78 is 1.51. The van der Waals surface area contributed by atoms with E-state index in [1.165, 1.54) is 4.68 Å². The number of pyridine rings is 1. The summed E-state index contributed by atoms with van der Waals surface area (Å²) in [6.07, 6.45) is 3.45. The number of anilines is 2. The van der Waals surface area contributed by atoms with Gasteiger partial charge in [-0.1, -0.05) is 35.5 Å². The van der Waals surface area contributed by atoms with Crippen LogP contribution in [0.25, 0.3) is 11.3 Å². The maximum atomic E-state index is 12.1. The number of hydrogen-bond acceptors (Lipinski definition) is 5. The molecule has 7 heteroatoms. The van der Waals surface area contributed by atoms with Crippen molar-refractivity contribution in [1.82, 2.24) is 20.0 Å². The quantitative estimate of drug-likeness (QED) is 0.778. The van der Waals surface area contributed by atoms with Crippen molar-refractivity contribution >= 4 is 17.4 Å². The van der Waals surface area contributed by atoms with Gasteiger partial charge in [0.25, 0.3) is 0 Å². The van der Waals surface area contributed by atoms with Gasteiger partial charge in [-0.15, -0.1) is 5.10 Å². The molecule has 1 amide bonds. The van der Waals surface area contributed by atoms with Crippen molar-refractivity contribution in [2.45, 2.75) is 6.54 Å². The Hall–Kier alpha value is -3.22. The van der Waals surface area contributed by atoms with Gasteiger partial charge in [-0.25, -0.2) is 9.67 Å². The van der Waals surface area contributed by atoms with Crippen molar-refractivity contribution in [3.05, 3.63) is 54.9 Å². The summed E-state index contributed by atoms with van der Waals surface area (Å²) >= 11 is 0. The number of carbonyl (C=O) groups excluding carboxylic acids is 1. The van der Waals surface area contributed by atoms with Crippen molar-refractivity contribution in [3.8, 4) is 11.3 Å². The van der Waals surface area contributed by atoms with E-state index in [9.17, 15) is 4.79 Å². The number of nitrogens with one attached hydrogen (secondary N) is 1. The summed E-state index contributed by atoms with van der Waals surface area (Å²) in [7, 11) is 3.87. The molecule has 1 N–H and O–H groups in total. The molecule has 3 rings (SSSR count). The number of hydrogen-bond donors (Lipinski definition) is 1. The van der Waals surface area contributed by atoms with Crippen LogP contribution >= 0.6 is 0 Å². The van der Waals surface area contributed by atoms with E-state index in [0.29, 0.717) is 5.82 Å². The van der Waals surface area contributed by atoms with Crippen molar-refractivity contribution in [3.63, 3.8) is 0 Å². The molecule has 0 saturated carbocycles. The van der Waals surface area contributed by atoms with Gasteiger partial charge in [-0.2, -0.15) is 0 Å². The minimum absolute atomic E-state index is 0.0803. The average Bonchev–Trinajstić information content (AvgIpc) is 3.04. The normalized spacial score (nSPS) is 10.4. The lowest BCUT2D eigenvalue weighted by Crippen LogP contribution is -2.20. The first-order valence-electron chi connectivity index (χ1n) is 7.50. The van der Waals surface area contributed by atoms with E-state index in [-0.39, 0.29) is 12.5 Å². The van der Waals surface area contributed by atoms with Gasteiger partial charge < -0.3 is 10.2 Å². The van der Waals surface area contributed by atoms with Crippen LogP contribution in [-0.4, -0.2) is 40.0 Å². The van der Waals surface area contributed by atoms with E-state index in [1.807, 2.05) is 55.4 Å². The molecule has 2 heterocycles. The molecule has 0 bridgehead atoms. The number of aromatic nitrogens is 4. The van der Waals surface area contributed by atoms with E-state index < -0.39 is 0 Å². The third-order valence-corrected chi connectivity index (χ3v) is 3.45. The summed E-state index contributed by atoms with van der Waals surface area (Å²) in [5.41, 5.74) is 2.67. The molecule has 0 unspecified atom stereocenters. The third kappa shape index (κ3) is 3.75. The molecule has 0 aliphatic rings. The standard InChI is InChI=1S/C17H18N6O/c1-22(2)14-8-9-16(18-10-14)19-17(24)12-23-11-15(20-21-23)13-6-4-3-5-7-13/h3-11H,12H2,1-2H3,(H,18,19,24). The molecule has 0 atom stereocenters. The van der Waals surface area contributed by atoms with E-state index in [4.69, 9.17) is 0 Å². The van der Waals surface area contributed by atoms with Crippen molar-refractivity contribution in [2.24, 2.45) is 0 Å². The van der Waals surface area contributed by atoms with E-state index in [2.05, 4.69) is 20.6 Å². The second-order valence-electron chi connectivity index (χ2n) is 5.51. The molecule has 0 radical (unpaired) electrons. The van der Waals surface area contributed by atoms with Crippen molar-refractivity contribution in [1.29, 1.82) is 0 Å². The Kier molecular flexibility index (Phi) is 4.51. The number of benzene rings is 1. The number of amides is 1. The summed E-state index contributed by atoms with van der Waals surface area (Å²) in [4.78, 5) is 18.3. The first-order chi connectivity index (χ1) is 11.6. The van der Waals surface area contributed by atoms with Gasteiger partial charge in [0.15, 0.2) is 0 Å². The van der Waals surface area contributed by atoms with Gasteiger partial charge >= 0.3 is 0 Å². The first-order valence-corrected chi connectivity index (χ1v) is 7.50. The largest absolute Gasteiger partial charge is 0.376 e. The zero-order valence-corrected chi connectivity index (χ0v) is 13.5. The molecular weight excluding hydrogens is 304 g/mol. The van der Waals surface area contributed by atoms with Crippen LogP contribution in [0.2, 0.25) is 0 Å². The summed E-state index contributed by atoms with van der Waals surface area (Å²) in [5.74, 6) is 0.304. The van der Waals surface area contributed by atoms with Crippen LogP contribution in [-0.2, 0) is 11.3 Å². The lowest BCUT2D eigenvalue weighted by Gasteiger charge is -2.12. The fourth-order valence-electron chi connectivity index (χ4n) is 2.17. The number of rotatable bonds is 5. The SMILES string of the molecule is CN(C)c1ccc(NC(=O)Cn2cc(-c3ccccc3)nn2)nc1. The summed E-state index contributed by atoms with van der Waals surface area (Å²) in [5, 5.41) is 10.8.